The lowest BCUT2D eigenvalue weighted by Gasteiger charge is -1.96. The number of nitrogens with zero attached hydrogens (tertiary/aromatic N) is 3. The van der Waals surface area contributed by atoms with Crippen LogP contribution < -0.4 is 0 Å². The molecule has 0 unspecified atom stereocenters. The first-order valence-electron chi connectivity index (χ1n) is 7.67. The zero-order valence-electron chi connectivity index (χ0n) is 13.6. The summed E-state index contributed by atoms with van der Waals surface area (Å²) in [5, 5.41) is 11.6. The maximum absolute atomic E-state index is 10.2. The van der Waals surface area contributed by atoms with Crippen LogP contribution >= 0.6 is 22.7 Å². The molecule has 0 aliphatic carbocycles. The summed E-state index contributed by atoms with van der Waals surface area (Å²) < 4.78 is 0. The van der Waals surface area contributed by atoms with E-state index in [0.29, 0.717) is 6.42 Å². The van der Waals surface area contributed by atoms with Gasteiger partial charge in [0.2, 0.25) is 0 Å². The van der Waals surface area contributed by atoms with Gasteiger partial charge in [-0.05, 0) is 20.3 Å². The predicted molar refractivity (Wildman–Crippen MR) is 91.8 cm³/mol. The second kappa shape index (κ2) is 8.35. The van der Waals surface area contributed by atoms with Crippen molar-refractivity contribution in [2.24, 2.45) is 0 Å². The lowest BCUT2D eigenvalue weighted by Crippen LogP contribution is -2.04. The van der Waals surface area contributed by atoms with E-state index >= 15 is 0 Å². The van der Waals surface area contributed by atoms with Crippen LogP contribution in [0.4, 0.5) is 0 Å². The van der Waals surface area contributed by atoms with Crippen molar-refractivity contribution in [1.29, 1.82) is 0 Å². The molecule has 0 atom stereocenters. The fourth-order valence-electron chi connectivity index (χ4n) is 2.31. The summed E-state index contributed by atoms with van der Waals surface area (Å²) in [5.41, 5.74) is 2.10. The third-order valence-corrected chi connectivity index (χ3v) is 5.98. The van der Waals surface area contributed by atoms with Crippen LogP contribution in [0.25, 0.3) is 0 Å². The number of thiazole rings is 2. The summed E-state index contributed by atoms with van der Waals surface area (Å²) in [7, 11) is 0. The quantitative estimate of drug-likeness (QED) is 0.506. The summed E-state index contributed by atoms with van der Waals surface area (Å²) in [6.45, 7) is 6.28. The average Bonchev–Trinajstić information content (AvgIpc) is 3.01. The topological polar surface area (TPSA) is 78.2 Å². The number of aryl methyl sites for hydroxylation is 5. The number of hydrogen-bond donors (Lipinski definition) is 0. The first-order valence-corrected chi connectivity index (χ1v) is 9.30. The van der Waals surface area contributed by atoms with Crippen LogP contribution in [-0.2, 0) is 30.5 Å². The smallest absolute Gasteiger partial charge is 0.294 e. The van der Waals surface area contributed by atoms with Crippen molar-refractivity contribution < 1.29 is 9.92 Å². The molecule has 0 aliphatic rings. The van der Waals surface area contributed by atoms with Gasteiger partial charge in [-0.3, -0.25) is 0 Å². The van der Waals surface area contributed by atoms with E-state index in [-0.39, 0.29) is 6.61 Å². The lowest BCUT2D eigenvalue weighted by molar-refractivity contribution is -0.757. The standard InChI is InChI=1S/C15H21N3O3S2/c1-4-5-12-10(2)16-14(22-12)6-7-15-17-11(3)13(23-15)8-9-21-18(19)20/h4-9H2,1-3H3. The summed E-state index contributed by atoms with van der Waals surface area (Å²) >= 11 is 3.42. The molecular weight excluding hydrogens is 334 g/mol. The summed E-state index contributed by atoms with van der Waals surface area (Å²) in [6.07, 6.45) is 4.53. The first-order chi connectivity index (χ1) is 11.0. The zero-order chi connectivity index (χ0) is 16.8. The molecule has 0 saturated carbocycles. The molecule has 6 nitrogen and oxygen atoms in total. The van der Waals surface area contributed by atoms with Crippen LogP contribution in [-0.4, -0.2) is 21.7 Å². The van der Waals surface area contributed by atoms with Gasteiger partial charge < -0.3 is 4.84 Å². The van der Waals surface area contributed by atoms with Crippen molar-refractivity contribution in [1.82, 2.24) is 9.97 Å². The van der Waals surface area contributed by atoms with E-state index in [9.17, 15) is 10.1 Å². The van der Waals surface area contributed by atoms with Gasteiger partial charge in [0, 0.05) is 29.0 Å². The first kappa shape index (κ1) is 17.8. The highest BCUT2D eigenvalue weighted by atomic mass is 32.1. The molecule has 0 N–H and O–H groups in total. The Morgan fingerprint density at radius 3 is 2.00 bits per heavy atom. The van der Waals surface area contributed by atoms with Gasteiger partial charge in [0.25, 0.3) is 5.09 Å². The van der Waals surface area contributed by atoms with Crippen molar-refractivity contribution in [3.63, 3.8) is 0 Å². The van der Waals surface area contributed by atoms with Gasteiger partial charge in [-0.2, -0.15) is 0 Å². The molecule has 0 amide bonds. The second-order valence-corrected chi connectivity index (χ2v) is 7.63. The van der Waals surface area contributed by atoms with Crippen molar-refractivity contribution in [3.8, 4) is 0 Å². The summed E-state index contributed by atoms with van der Waals surface area (Å²) in [4.78, 5) is 26.2. The molecule has 0 aromatic carbocycles. The molecule has 126 valence electrons. The van der Waals surface area contributed by atoms with Crippen molar-refractivity contribution in [2.45, 2.75) is 52.9 Å². The Labute approximate surface area is 143 Å². The predicted octanol–water partition coefficient (Wildman–Crippen LogP) is 3.70. The molecule has 8 heteroatoms. The highest BCUT2D eigenvalue weighted by molar-refractivity contribution is 7.12. The molecule has 2 heterocycles. The minimum atomic E-state index is -0.754. The molecule has 0 spiro atoms. The molecule has 2 aromatic rings. The summed E-state index contributed by atoms with van der Waals surface area (Å²) in [6, 6.07) is 0. The van der Waals surface area contributed by atoms with Crippen molar-refractivity contribution in [2.75, 3.05) is 6.61 Å². The van der Waals surface area contributed by atoms with Gasteiger partial charge in [0.15, 0.2) is 0 Å². The van der Waals surface area contributed by atoms with Gasteiger partial charge >= 0.3 is 0 Å². The molecule has 0 saturated heterocycles. The molecule has 0 radical (unpaired) electrons. The third kappa shape index (κ3) is 5.24. The monoisotopic (exact) mass is 355 g/mol. The fourth-order valence-corrected chi connectivity index (χ4v) is 4.53. The molecule has 23 heavy (non-hydrogen) atoms. The molecule has 0 fully saturated rings. The molecule has 0 bridgehead atoms. The Hall–Kier alpha value is -1.54. The van der Waals surface area contributed by atoms with Gasteiger partial charge in [0.1, 0.15) is 6.61 Å². The van der Waals surface area contributed by atoms with E-state index in [1.807, 2.05) is 6.92 Å². The average molecular weight is 355 g/mol. The third-order valence-electron chi connectivity index (χ3n) is 3.43. The van der Waals surface area contributed by atoms with E-state index in [0.717, 1.165) is 52.0 Å². The molecule has 2 rings (SSSR count). The van der Waals surface area contributed by atoms with Gasteiger partial charge in [-0.25, -0.2) is 9.97 Å². The van der Waals surface area contributed by atoms with Gasteiger partial charge in [-0.1, -0.05) is 13.3 Å². The second-order valence-electron chi connectivity index (χ2n) is 5.29. The largest absolute Gasteiger partial charge is 0.314 e. The zero-order valence-corrected chi connectivity index (χ0v) is 15.3. The van der Waals surface area contributed by atoms with Crippen LogP contribution in [0.5, 0.6) is 0 Å². The van der Waals surface area contributed by atoms with E-state index in [1.54, 1.807) is 22.7 Å². The van der Waals surface area contributed by atoms with Crippen molar-refractivity contribution >= 4 is 22.7 Å². The van der Waals surface area contributed by atoms with Crippen LogP contribution in [0.1, 0.15) is 44.5 Å². The maximum Gasteiger partial charge on any atom is 0.294 e. The van der Waals surface area contributed by atoms with E-state index < -0.39 is 5.09 Å². The minimum Gasteiger partial charge on any atom is -0.314 e. The Morgan fingerprint density at radius 2 is 1.52 bits per heavy atom. The highest BCUT2D eigenvalue weighted by Gasteiger charge is 2.11. The maximum atomic E-state index is 10.2. The molecular formula is C15H21N3O3S2. The number of hydrogen-bond acceptors (Lipinski definition) is 7. The van der Waals surface area contributed by atoms with Gasteiger partial charge in [-0.15, -0.1) is 32.8 Å². The van der Waals surface area contributed by atoms with Crippen LogP contribution in [0.2, 0.25) is 0 Å². The molecule has 2 aromatic heterocycles. The normalized spacial score (nSPS) is 10.9. The Balaban J connectivity index is 1.90. The molecule has 0 aliphatic heterocycles. The van der Waals surface area contributed by atoms with Crippen molar-refractivity contribution in [3.05, 3.63) is 41.3 Å². The SMILES string of the molecule is CCCc1sc(CCc2nc(C)c(CCO[N+](=O)[O-])s2)nc1C. The Bertz CT molecular complexity index is 667. The Morgan fingerprint density at radius 1 is 1.00 bits per heavy atom. The van der Waals surface area contributed by atoms with Crippen LogP contribution in [0.3, 0.4) is 0 Å². The fraction of sp³-hybridized carbons (Fsp3) is 0.600. The van der Waals surface area contributed by atoms with E-state index in [1.165, 1.54) is 4.88 Å². The van der Waals surface area contributed by atoms with Crippen LogP contribution in [0, 0.1) is 24.0 Å². The highest BCUT2D eigenvalue weighted by Crippen LogP contribution is 2.23. The summed E-state index contributed by atoms with van der Waals surface area (Å²) in [5.74, 6) is 0. The number of aromatic nitrogens is 2. The van der Waals surface area contributed by atoms with E-state index in [2.05, 4.69) is 28.7 Å². The van der Waals surface area contributed by atoms with Crippen LogP contribution in [0.15, 0.2) is 0 Å². The number of rotatable bonds is 9. The lowest BCUT2D eigenvalue weighted by atomic mass is 10.2. The Kier molecular flexibility index (Phi) is 6.47. The minimum absolute atomic E-state index is 0.0848. The van der Waals surface area contributed by atoms with E-state index in [4.69, 9.17) is 0 Å². The van der Waals surface area contributed by atoms with Gasteiger partial charge in [0.05, 0.1) is 21.4 Å².